The predicted molar refractivity (Wildman–Crippen MR) is 86.2 cm³/mol. The van der Waals surface area contributed by atoms with Gasteiger partial charge in [0.2, 0.25) is 0 Å². The van der Waals surface area contributed by atoms with Gasteiger partial charge in [0.05, 0.1) is 19.4 Å². The van der Waals surface area contributed by atoms with E-state index in [1.54, 1.807) is 17.8 Å². The third-order valence-electron chi connectivity index (χ3n) is 3.33. The van der Waals surface area contributed by atoms with Crippen molar-refractivity contribution >= 4 is 18.2 Å². The summed E-state index contributed by atoms with van der Waals surface area (Å²) in [6.45, 7) is 4.79. The molecular weight excluding hydrogens is 298 g/mol. The Morgan fingerprint density at radius 3 is 2.96 bits per heavy atom. The topological polar surface area (TPSA) is 83.4 Å². The molecule has 1 aromatic carbocycles. The van der Waals surface area contributed by atoms with Gasteiger partial charge >= 0.3 is 0 Å². The first-order chi connectivity index (χ1) is 11.3. The van der Waals surface area contributed by atoms with Crippen LogP contribution in [0.25, 0.3) is 6.08 Å². The van der Waals surface area contributed by atoms with Crippen LogP contribution in [0, 0.1) is 0 Å². The van der Waals surface area contributed by atoms with Crippen LogP contribution < -0.4 is 5.48 Å². The first-order valence-corrected chi connectivity index (χ1v) is 7.45. The number of hydrogen-bond acceptors (Lipinski definition) is 6. The molecule has 0 spiro atoms. The number of oxime groups is 1. The van der Waals surface area contributed by atoms with Crippen LogP contribution in [0.15, 0.2) is 35.5 Å². The van der Waals surface area contributed by atoms with Crippen molar-refractivity contribution in [3.05, 3.63) is 41.5 Å². The third-order valence-corrected chi connectivity index (χ3v) is 3.33. The van der Waals surface area contributed by atoms with Crippen LogP contribution >= 0.6 is 0 Å². The van der Waals surface area contributed by atoms with Gasteiger partial charge < -0.3 is 9.57 Å². The van der Waals surface area contributed by atoms with E-state index in [0.717, 1.165) is 44.0 Å². The molecule has 1 aromatic rings. The van der Waals surface area contributed by atoms with Crippen LogP contribution in [-0.2, 0) is 14.4 Å². The quantitative estimate of drug-likeness (QED) is 0.256. The van der Waals surface area contributed by atoms with Crippen LogP contribution in [0.3, 0.4) is 0 Å². The van der Waals surface area contributed by atoms with Gasteiger partial charge in [0.1, 0.15) is 6.61 Å². The average molecular weight is 319 g/mol. The SMILES string of the molecule is O=C(/C=C/c1cccc(C=NOCCN2CCOCC2)c1)NO. The maximum atomic E-state index is 10.9. The fourth-order valence-electron chi connectivity index (χ4n) is 2.10. The zero-order chi connectivity index (χ0) is 16.3. The summed E-state index contributed by atoms with van der Waals surface area (Å²) in [6, 6.07) is 7.44. The summed E-state index contributed by atoms with van der Waals surface area (Å²) in [6.07, 6.45) is 4.47. The van der Waals surface area contributed by atoms with Gasteiger partial charge in [-0.3, -0.25) is 14.9 Å². The molecule has 0 radical (unpaired) electrons. The first kappa shape index (κ1) is 17.1. The monoisotopic (exact) mass is 319 g/mol. The molecule has 0 atom stereocenters. The fourth-order valence-corrected chi connectivity index (χ4v) is 2.10. The summed E-state index contributed by atoms with van der Waals surface area (Å²) in [5, 5.41) is 12.4. The standard InChI is InChI=1S/C16H21N3O4/c20-16(18-21)5-4-14-2-1-3-15(12-14)13-17-23-11-8-19-6-9-22-10-7-19/h1-5,12-13,21H,6-11H2,(H,18,20)/b5-4+,17-13?. The predicted octanol–water partition coefficient (Wildman–Crippen LogP) is 0.888. The molecule has 1 amide bonds. The molecule has 0 unspecified atom stereocenters. The lowest BCUT2D eigenvalue weighted by atomic mass is 10.1. The van der Waals surface area contributed by atoms with E-state index in [4.69, 9.17) is 14.8 Å². The second-order valence-electron chi connectivity index (χ2n) is 5.00. The molecule has 124 valence electrons. The number of morpholine rings is 1. The molecule has 2 rings (SSSR count). The highest BCUT2D eigenvalue weighted by molar-refractivity contribution is 5.91. The average Bonchev–Trinajstić information content (AvgIpc) is 2.60. The smallest absolute Gasteiger partial charge is 0.267 e. The lowest BCUT2D eigenvalue weighted by Crippen LogP contribution is -2.38. The summed E-state index contributed by atoms with van der Waals surface area (Å²) in [5.74, 6) is -0.574. The van der Waals surface area contributed by atoms with Crippen molar-refractivity contribution in [2.45, 2.75) is 0 Å². The second-order valence-corrected chi connectivity index (χ2v) is 5.00. The highest BCUT2D eigenvalue weighted by atomic mass is 16.6. The normalized spacial score (nSPS) is 16.0. The van der Waals surface area contributed by atoms with Gasteiger partial charge in [0.15, 0.2) is 0 Å². The Hall–Kier alpha value is -2.22. The molecule has 1 saturated heterocycles. The van der Waals surface area contributed by atoms with Crippen LogP contribution in [0.5, 0.6) is 0 Å². The number of carbonyl (C=O) groups excluding carboxylic acids is 1. The molecule has 7 nitrogen and oxygen atoms in total. The molecule has 1 fully saturated rings. The van der Waals surface area contributed by atoms with Crippen molar-refractivity contribution < 1.29 is 19.6 Å². The van der Waals surface area contributed by atoms with Crippen LogP contribution in [0.4, 0.5) is 0 Å². The third kappa shape index (κ3) is 6.60. The molecule has 0 bridgehead atoms. The van der Waals surface area contributed by atoms with Gasteiger partial charge in [-0.1, -0.05) is 23.4 Å². The van der Waals surface area contributed by atoms with Gasteiger partial charge in [0, 0.05) is 25.7 Å². The Morgan fingerprint density at radius 2 is 2.17 bits per heavy atom. The molecule has 1 heterocycles. The Bertz CT molecular complexity index is 554. The molecule has 1 aliphatic heterocycles. The van der Waals surface area contributed by atoms with Crippen molar-refractivity contribution in [1.82, 2.24) is 10.4 Å². The molecular formula is C16H21N3O4. The largest absolute Gasteiger partial charge is 0.394 e. The van der Waals surface area contributed by atoms with E-state index in [-0.39, 0.29) is 0 Å². The Labute approximate surface area is 135 Å². The minimum Gasteiger partial charge on any atom is -0.394 e. The number of hydrogen-bond donors (Lipinski definition) is 2. The number of nitrogens with zero attached hydrogens (tertiary/aromatic N) is 2. The van der Waals surface area contributed by atoms with Crippen molar-refractivity contribution in [3.8, 4) is 0 Å². The van der Waals surface area contributed by atoms with Gasteiger partial charge in [-0.25, -0.2) is 5.48 Å². The number of nitrogens with one attached hydrogen (secondary N) is 1. The Morgan fingerprint density at radius 1 is 1.39 bits per heavy atom. The molecule has 0 aromatic heterocycles. The second kappa shape index (κ2) is 9.73. The summed E-state index contributed by atoms with van der Waals surface area (Å²) in [5.41, 5.74) is 3.23. The highest BCUT2D eigenvalue weighted by Crippen LogP contribution is 2.05. The Kier molecular flexibility index (Phi) is 7.25. The van der Waals surface area contributed by atoms with Crippen LogP contribution in [-0.4, -0.2) is 61.7 Å². The van der Waals surface area contributed by atoms with Gasteiger partial charge in [0.25, 0.3) is 5.91 Å². The molecule has 2 N–H and O–H groups in total. The minimum absolute atomic E-state index is 0.534. The number of rotatable bonds is 7. The zero-order valence-electron chi connectivity index (χ0n) is 12.9. The molecule has 1 aliphatic rings. The molecule has 0 aliphatic carbocycles. The maximum Gasteiger partial charge on any atom is 0.267 e. The minimum atomic E-state index is -0.574. The lowest BCUT2D eigenvalue weighted by Gasteiger charge is -2.25. The van der Waals surface area contributed by atoms with E-state index in [9.17, 15) is 4.79 Å². The summed E-state index contributed by atoms with van der Waals surface area (Å²) >= 11 is 0. The number of carbonyl (C=O) groups is 1. The summed E-state index contributed by atoms with van der Waals surface area (Å²) in [4.78, 5) is 18.5. The summed E-state index contributed by atoms with van der Waals surface area (Å²) in [7, 11) is 0. The number of ether oxygens (including phenoxy) is 1. The van der Waals surface area contributed by atoms with E-state index in [1.807, 2.05) is 24.3 Å². The molecule has 23 heavy (non-hydrogen) atoms. The van der Waals surface area contributed by atoms with Crippen molar-refractivity contribution in [3.63, 3.8) is 0 Å². The lowest BCUT2D eigenvalue weighted by molar-refractivity contribution is -0.124. The van der Waals surface area contributed by atoms with E-state index < -0.39 is 5.91 Å². The first-order valence-electron chi connectivity index (χ1n) is 7.45. The van der Waals surface area contributed by atoms with Crippen molar-refractivity contribution in [2.75, 3.05) is 39.5 Å². The highest BCUT2D eigenvalue weighted by Gasteiger charge is 2.09. The van der Waals surface area contributed by atoms with Crippen LogP contribution in [0.2, 0.25) is 0 Å². The van der Waals surface area contributed by atoms with E-state index in [2.05, 4.69) is 10.1 Å². The van der Waals surface area contributed by atoms with Gasteiger partial charge in [-0.15, -0.1) is 0 Å². The zero-order valence-corrected chi connectivity index (χ0v) is 12.9. The molecule has 7 heteroatoms. The number of amides is 1. The van der Waals surface area contributed by atoms with Crippen LogP contribution in [0.1, 0.15) is 11.1 Å². The van der Waals surface area contributed by atoms with Crippen molar-refractivity contribution in [2.24, 2.45) is 5.16 Å². The summed E-state index contributed by atoms with van der Waals surface area (Å²) < 4.78 is 5.28. The number of hydroxylamine groups is 1. The van der Waals surface area contributed by atoms with E-state index in [0.29, 0.717) is 6.61 Å². The maximum absolute atomic E-state index is 10.9. The molecule has 0 saturated carbocycles. The fraction of sp³-hybridized carbons (Fsp3) is 0.375. The number of benzene rings is 1. The van der Waals surface area contributed by atoms with E-state index >= 15 is 0 Å². The van der Waals surface area contributed by atoms with Gasteiger partial charge in [-0.05, 0) is 23.3 Å². The van der Waals surface area contributed by atoms with E-state index in [1.165, 1.54) is 6.08 Å². The Balaban J connectivity index is 1.75. The van der Waals surface area contributed by atoms with Crippen molar-refractivity contribution in [1.29, 1.82) is 0 Å². The van der Waals surface area contributed by atoms with Gasteiger partial charge in [-0.2, -0.15) is 0 Å².